The second-order valence-corrected chi connectivity index (χ2v) is 9.33. The van der Waals surface area contributed by atoms with E-state index in [0.29, 0.717) is 10.9 Å². The van der Waals surface area contributed by atoms with E-state index in [1.54, 1.807) is 0 Å². The molecule has 34 heavy (non-hydrogen) atoms. The number of benzene rings is 1. The smallest absolute Gasteiger partial charge is 0.316 e. The van der Waals surface area contributed by atoms with E-state index in [9.17, 15) is 22.4 Å². The van der Waals surface area contributed by atoms with Gasteiger partial charge in [0.25, 0.3) is 5.91 Å². The van der Waals surface area contributed by atoms with Gasteiger partial charge in [0.15, 0.2) is 5.13 Å². The summed E-state index contributed by atoms with van der Waals surface area (Å²) in [6.07, 6.45) is -0.941. The number of alkyl halides is 3. The van der Waals surface area contributed by atoms with Crippen LogP contribution in [0.25, 0.3) is 11.3 Å². The third-order valence-electron chi connectivity index (χ3n) is 5.47. The van der Waals surface area contributed by atoms with Gasteiger partial charge in [-0.25, -0.2) is 19.3 Å². The Balaban J connectivity index is 1.72. The number of hydrogen-bond donors (Lipinski definition) is 2. The average Bonchev–Trinajstić information content (AvgIpc) is 3.31. The van der Waals surface area contributed by atoms with Crippen LogP contribution in [0.3, 0.4) is 0 Å². The Labute approximate surface area is 201 Å². The number of anilines is 1. The number of amides is 1. The highest BCUT2D eigenvalue weighted by Gasteiger charge is 2.33. The quantitative estimate of drug-likeness (QED) is 0.468. The van der Waals surface area contributed by atoms with Crippen molar-refractivity contribution in [1.82, 2.24) is 19.9 Å². The van der Waals surface area contributed by atoms with Crippen LogP contribution in [-0.2, 0) is 12.7 Å². The van der Waals surface area contributed by atoms with E-state index in [2.05, 4.69) is 20.3 Å². The summed E-state index contributed by atoms with van der Waals surface area (Å²) < 4.78 is 54.0. The Kier molecular flexibility index (Phi) is 6.85. The molecule has 4 rings (SSSR count). The lowest BCUT2D eigenvalue weighted by atomic mass is 10.1. The molecule has 0 bridgehead atoms. The van der Waals surface area contributed by atoms with Gasteiger partial charge in [-0.2, -0.15) is 13.2 Å². The summed E-state index contributed by atoms with van der Waals surface area (Å²) in [5, 5.41) is 2.80. The molecule has 3 N–H and O–H groups in total. The number of aromatic nitrogens is 3. The Morgan fingerprint density at radius 3 is 2.65 bits per heavy atom. The number of thiazole rings is 1. The van der Waals surface area contributed by atoms with Crippen molar-refractivity contribution in [3.05, 3.63) is 57.7 Å². The maximum absolute atomic E-state index is 14.1. The van der Waals surface area contributed by atoms with E-state index >= 15 is 0 Å². The van der Waals surface area contributed by atoms with Crippen molar-refractivity contribution in [2.24, 2.45) is 5.73 Å². The number of rotatable bonds is 5. The molecule has 13 heteroatoms. The number of halogens is 5. The number of carbonyl (C=O) groups excluding carboxylic acids is 1. The van der Waals surface area contributed by atoms with Gasteiger partial charge in [0, 0.05) is 23.0 Å². The molecule has 2 atom stereocenters. The van der Waals surface area contributed by atoms with Crippen LogP contribution in [0.4, 0.5) is 22.7 Å². The molecule has 1 fully saturated rings. The third kappa shape index (κ3) is 5.35. The number of likely N-dealkylation sites (tertiary alicyclic amines) is 1. The zero-order chi connectivity index (χ0) is 24.6. The topological polar surface area (TPSA) is 97.0 Å². The molecule has 1 aliphatic heterocycles. The lowest BCUT2D eigenvalue weighted by Crippen LogP contribution is -2.39. The zero-order valence-corrected chi connectivity index (χ0v) is 19.3. The first-order valence-electron chi connectivity index (χ1n) is 10.2. The van der Waals surface area contributed by atoms with Crippen LogP contribution in [-0.4, -0.2) is 38.0 Å². The van der Waals surface area contributed by atoms with Gasteiger partial charge in [-0.15, -0.1) is 0 Å². The zero-order valence-electron chi connectivity index (χ0n) is 17.7. The van der Waals surface area contributed by atoms with Gasteiger partial charge < -0.3 is 5.73 Å². The number of hydrogen-bond acceptors (Lipinski definition) is 7. The normalized spacial score (nSPS) is 18.9. The van der Waals surface area contributed by atoms with E-state index < -0.39 is 23.5 Å². The standard InChI is InChI=1S/C21H19ClF4N6OS/c1-10-2-3-17(27)32(10)9-15-18(11-4-12(21(24,25)26)6-13(23)5-11)30-20(34-15)31-19(33)14-7-29-16(22)8-28-14/h4-8,10,17H,2-3,9,27H2,1H3,(H,30,31,33)/t10-,17+/m1/s1. The highest BCUT2D eigenvalue weighted by molar-refractivity contribution is 7.16. The summed E-state index contributed by atoms with van der Waals surface area (Å²) in [7, 11) is 0. The Morgan fingerprint density at radius 1 is 1.26 bits per heavy atom. The van der Waals surface area contributed by atoms with E-state index in [-0.39, 0.29) is 46.0 Å². The summed E-state index contributed by atoms with van der Waals surface area (Å²) >= 11 is 6.76. The molecule has 2 aromatic heterocycles. The molecule has 1 aliphatic rings. The minimum atomic E-state index is -4.73. The monoisotopic (exact) mass is 514 g/mol. The summed E-state index contributed by atoms with van der Waals surface area (Å²) in [5.41, 5.74) is 5.13. The molecule has 0 aliphatic carbocycles. The number of carbonyl (C=O) groups is 1. The van der Waals surface area contributed by atoms with Gasteiger partial charge in [0.2, 0.25) is 0 Å². The lowest BCUT2D eigenvalue weighted by Gasteiger charge is -2.25. The van der Waals surface area contributed by atoms with Crippen molar-refractivity contribution < 1.29 is 22.4 Å². The third-order valence-corrected chi connectivity index (χ3v) is 6.62. The minimum absolute atomic E-state index is 0.0250. The van der Waals surface area contributed by atoms with Gasteiger partial charge in [-0.05, 0) is 38.0 Å². The molecule has 1 saturated heterocycles. The van der Waals surface area contributed by atoms with E-state index in [4.69, 9.17) is 17.3 Å². The molecule has 3 heterocycles. The highest BCUT2D eigenvalue weighted by Crippen LogP contribution is 2.38. The van der Waals surface area contributed by atoms with Crippen molar-refractivity contribution >= 4 is 34.0 Å². The van der Waals surface area contributed by atoms with Crippen LogP contribution in [0.2, 0.25) is 5.15 Å². The van der Waals surface area contributed by atoms with Crippen molar-refractivity contribution in [3.8, 4) is 11.3 Å². The SMILES string of the molecule is C[C@@H]1CC[C@@H](N)N1Cc1sc(NC(=O)c2cnc(Cl)cn2)nc1-c1cc(F)cc(C(F)(F)F)c1. The maximum Gasteiger partial charge on any atom is 0.416 e. The Morgan fingerprint density at radius 2 is 2.03 bits per heavy atom. The van der Waals surface area contributed by atoms with E-state index in [0.717, 1.165) is 36.3 Å². The lowest BCUT2D eigenvalue weighted by molar-refractivity contribution is -0.137. The van der Waals surface area contributed by atoms with Crippen molar-refractivity contribution in [2.45, 2.75) is 44.7 Å². The predicted molar refractivity (Wildman–Crippen MR) is 120 cm³/mol. The molecular formula is C21H19ClF4N6OS. The van der Waals surface area contributed by atoms with Crippen LogP contribution in [0.15, 0.2) is 30.6 Å². The predicted octanol–water partition coefficient (Wildman–Crippen LogP) is 4.93. The van der Waals surface area contributed by atoms with Crippen LogP contribution in [0.5, 0.6) is 0 Å². The average molecular weight is 515 g/mol. The second-order valence-electron chi connectivity index (χ2n) is 7.86. The van der Waals surface area contributed by atoms with Crippen LogP contribution in [0.1, 0.15) is 40.7 Å². The van der Waals surface area contributed by atoms with Crippen LogP contribution in [0, 0.1) is 5.82 Å². The van der Waals surface area contributed by atoms with Crippen molar-refractivity contribution in [2.75, 3.05) is 5.32 Å². The van der Waals surface area contributed by atoms with Gasteiger partial charge >= 0.3 is 6.18 Å². The Bertz CT molecular complexity index is 1190. The summed E-state index contributed by atoms with van der Waals surface area (Å²) in [6, 6.07) is 2.39. The fraction of sp³-hybridized carbons (Fsp3) is 0.333. The molecule has 0 radical (unpaired) electrons. The first-order chi connectivity index (χ1) is 16.0. The molecule has 180 valence electrons. The molecule has 0 spiro atoms. The molecule has 1 amide bonds. The van der Waals surface area contributed by atoms with Gasteiger partial charge in [0.05, 0.1) is 29.8 Å². The molecule has 0 unspecified atom stereocenters. The minimum Gasteiger partial charge on any atom is -0.316 e. The van der Waals surface area contributed by atoms with Crippen molar-refractivity contribution in [3.63, 3.8) is 0 Å². The Hall–Kier alpha value is -2.67. The summed E-state index contributed by atoms with van der Waals surface area (Å²) in [4.78, 5) is 27.1. The highest BCUT2D eigenvalue weighted by atomic mass is 35.5. The van der Waals surface area contributed by atoms with E-state index in [1.807, 2.05) is 11.8 Å². The first kappa shape index (κ1) is 24.5. The molecular weight excluding hydrogens is 496 g/mol. The van der Waals surface area contributed by atoms with Gasteiger partial charge in [0.1, 0.15) is 16.7 Å². The second kappa shape index (κ2) is 9.53. The van der Waals surface area contributed by atoms with E-state index in [1.165, 1.54) is 12.4 Å². The number of nitrogens with two attached hydrogens (primary N) is 1. The number of nitrogens with zero attached hydrogens (tertiary/aromatic N) is 4. The van der Waals surface area contributed by atoms with Crippen LogP contribution >= 0.6 is 22.9 Å². The summed E-state index contributed by atoms with van der Waals surface area (Å²) in [6.45, 7) is 2.28. The fourth-order valence-electron chi connectivity index (χ4n) is 3.73. The van der Waals surface area contributed by atoms with Crippen LogP contribution < -0.4 is 11.1 Å². The maximum atomic E-state index is 14.1. The van der Waals surface area contributed by atoms with Crippen molar-refractivity contribution in [1.29, 1.82) is 0 Å². The largest absolute Gasteiger partial charge is 0.416 e. The molecule has 1 aromatic carbocycles. The summed E-state index contributed by atoms with van der Waals surface area (Å²) in [5.74, 6) is -1.67. The van der Waals surface area contributed by atoms with Gasteiger partial charge in [-0.1, -0.05) is 22.9 Å². The fourth-order valence-corrected chi connectivity index (χ4v) is 4.81. The first-order valence-corrected chi connectivity index (χ1v) is 11.4. The van der Waals surface area contributed by atoms with Gasteiger partial charge in [-0.3, -0.25) is 15.0 Å². The molecule has 0 saturated carbocycles. The molecule has 3 aromatic rings. The molecule has 7 nitrogen and oxygen atoms in total. The number of nitrogens with one attached hydrogen (secondary N) is 1.